The van der Waals surface area contributed by atoms with Crippen molar-refractivity contribution in [3.8, 4) is 0 Å². The van der Waals surface area contributed by atoms with Crippen molar-refractivity contribution in [2.24, 2.45) is 0 Å². The van der Waals surface area contributed by atoms with E-state index >= 15 is 0 Å². The van der Waals surface area contributed by atoms with Crippen molar-refractivity contribution >= 4 is 23.3 Å². The summed E-state index contributed by atoms with van der Waals surface area (Å²) in [6.45, 7) is 2.09. The van der Waals surface area contributed by atoms with Gasteiger partial charge in [0.25, 0.3) is 5.78 Å². The van der Waals surface area contributed by atoms with Crippen molar-refractivity contribution in [2.75, 3.05) is 0 Å². The fraction of sp³-hybridized carbons (Fsp3) is 0.217. The topological polar surface area (TPSA) is 60.1 Å². The first-order chi connectivity index (χ1) is 14.6. The van der Waals surface area contributed by atoms with Gasteiger partial charge in [0.05, 0.1) is 11.3 Å². The maximum Gasteiger partial charge on any atom is 0.253 e. The normalized spacial score (nSPS) is 16.1. The van der Waals surface area contributed by atoms with Gasteiger partial charge in [-0.25, -0.2) is 13.9 Å². The summed E-state index contributed by atoms with van der Waals surface area (Å²) >= 11 is 1.55. The number of aromatic nitrogens is 4. The molecule has 2 aromatic heterocycles. The van der Waals surface area contributed by atoms with E-state index in [9.17, 15) is 9.18 Å². The molecule has 1 aliphatic carbocycles. The second-order valence-electron chi connectivity index (χ2n) is 7.54. The second-order valence-corrected chi connectivity index (χ2v) is 8.48. The van der Waals surface area contributed by atoms with E-state index in [2.05, 4.69) is 34.1 Å². The molecular formula is C23H19FN4OS. The van der Waals surface area contributed by atoms with E-state index in [0.29, 0.717) is 29.3 Å². The summed E-state index contributed by atoms with van der Waals surface area (Å²) < 4.78 is 14.8. The van der Waals surface area contributed by atoms with Crippen LogP contribution in [0, 0.1) is 12.7 Å². The third-order valence-electron chi connectivity index (χ3n) is 5.52. The van der Waals surface area contributed by atoms with E-state index in [0.717, 1.165) is 17.0 Å². The summed E-state index contributed by atoms with van der Waals surface area (Å²) in [5.74, 6) is 1.02. The number of ketones is 1. The molecule has 150 valence electrons. The maximum atomic E-state index is 13.2. The molecule has 5 rings (SSSR count). The Kier molecular flexibility index (Phi) is 4.83. The standard InChI is InChI=1S/C23H19FN4OS/c1-14-4-2-3-5-16(14)13-30-23-26-22-25-20-10-17(15-6-8-18(24)9-7-15)11-21(29)19(20)12-28(22)27-23/h2-9,12,17H,10-11,13H2,1H3/t17-/m1/s1. The number of hydrogen-bond acceptors (Lipinski definition) is 5. The molecule has 2 heterocycles. The van der Waals surface area contributed by atoms with Crippen LogP contribution >= 0.6 is 11.8 Å². The van der Waals surface area contributed by atoms with Gasteiger partial charge in [-0.1, -0.05) is 48.2 Å². The molecule has 7 heteroatoms. The average Bonchev–Trinajstić information content (AvgIpc) is 3.14. The Bertz CT molecular complexity index is 1250. The van der Waals surface area contributed by atoms with Crippen molar-refractivity contribution in [3.05, 3.63) is 88.5 Å². The summed E-state index contributed by atoms with van der Waals surface area (Å²) in [6, 6.07) is 14.6. The zero-order valence-electron chi connectivity index (χ0n) is 16.4. The Balaban J connectivity index is 1.41. The molecule has 1 aliphatic rings. The number of thioether (sulfide) groups is 1. The lowest BCUT2D eigenvalue weighted by molar-refractivity contribution is 0.0962. The van der Waals surface area contributed by atoms with Gasteiger partial charge >= 0.3 is 0 Å². The molecular weight excluding hydrogens is 399 g/mol. The molecule has 0 spiro atoms. The first kappa shape index (κ1) is 18.9. The summed E-state index contributed by atoms with van der Waals surface area (Å²) in [7, 11) is 0. The number of rotatable bonds is 4. The van der Waals surface area contributed by atoms with Crippen LogP contribution in [0.3, 0.4) is 0 Å². The number of fused-ring (bicyclic) bond motifs is 2. The van der Waals surface area contributed by atoms with E-state index in [1.807, 2.05) is 12.1 Å². The number of carbonyl (C=O) groups excluding carboxylic acids is 1. The van der Waals surface area contributed by atoms with E-state index in [1.165, 1.54) is 23.3 Å². The van der Waals surface area contributed by atoms with E-state index in [4.69, 9.17) is 0 Å². The molecule has 2 aromatic carbocycles. The second kappa shape index (κ2) is 7.65. The third-order valence-corrected chi connectivity index (χ3v) is 6.41. The molecule has 0 aliphatic heterocycles. The van der Waals surface area contributed by atoms with E-state index in [-0.39, 0.29) is 17.5 Å². The molecule has 0 fully saturated rings. The SMILES string of the molecule is Cc1ccccc1CSc1nc2nc3c(cn2n1)C(=O)C[C@H](c1ccc(F)cc1)C3. The van der Waals surface area contributed by atoms with Crippen LogP contribution in [0.4, 0.5) is 4.39 Å². The fourth-order valence-corrected chi connectivity index (χ4v) is 4.71. The first-order valence-corrected chi connectivity index (χ1v) is 10.8. The molecule has 1 atom stereocenters. The van der Waals surface area contributed by atoms with Gasteiger partial charge in [0, 0.05) is 18.4 Å². The minimum absolute atomic E-state index is 0.00151. The van der Waals surface area contributed by atoms with Crippen molar-refractivity contribution < 1.29 is 9.18 Å². The zero-order valence-corrected chi connectivity index (χ0v) is 17.2. The number of hydrogen-bond donors (Lipinski definition) is 0. The average molecular weight is 418 g/mol. The number of aryl methyl sites for hydroxylation is 1. The first-order valence-electron chi connectivity index (χ1n) is 9.79. The highest BCUT2D eigenvalue weighted by Gasteiger charge is 2.28. The predicted octanol–water partition coefficient (Wildman–Crippen LogP) is 4.78. The largest absolute Gasteiger partial charge is 0.294 e. The number of nitrogens with zero attached hydrogens (tertiary/aromatic N) is 4. The van der Waals surface area contributed by atoms with Crippen LogP contribution in [0.5, 0.6) is 0 Å². The van der Waals surface area contributed by atoms with Crippen LogP contribution in [0.1, 0.15) is 45.1 Å². The number of halogens is 1. The molecule has 0 saturated heterocycles. The van der Waals surface area contributed by atoms with Crippen LogP contribution in [0.25, 0.3) is 5.78 Å². The highest BCUT2D eigenvalue weighted by atomic mass is 32.2. The summed E-state index contributed by atoms with van der Waals surface area (Å²) in [5.41, 5.74) is 4.76. The van der Waals surface area contributed by atoms with Gasteiger partial charge in [0.2, 0.25) is 5.16 Å². The highest BCUT2D eigenvalue weighted by Crippen LogP contribution is 2.32. The predicted molar refractivity (Wildman–Crippen MR) is 113 cm³/mol. The van der Waals surface area contributed by atoms with Gasteiger partial charge in [0.1, 0.15) is 5.82 Å². The molecule has 0 bridgehead atoms. The van der Waals surface area contributed by atoms with E-state index in [1.54, 1.807) is 34.6 Å². The van der Waals surface area contributed by atoms with Gasteiger partial charge in [-0.15, -0.1) is 5.10 Å². The van der Waals surface area contributed by atoms with Crippen molar-refractivity contribution in [1.29, 1.82) is 0 Å². The van der Waals surface area contributed by atoms with Crippen molar-refractivity contribution in [1.82, 2.24) is 19.6 Å². The maximum absolute atomic E-state index is 13.2. The monoisotopic (exact) mass is 418 g/mol. The van der Waals surface area contributed by atoms with Crippen LogP contribution < -0.4 is 0 Å². The van der Waals surface area contributed by atoms with Gasteiger partial charge in [-0.2, -0.15) is 4.98 Å². The molecule has 0 saturated carbocycles. The van der Waals surface area contributed by atoms with Crippen LogP contribution in [0.15, 0.2) is 59.9 Å². The Hall–Kier alpha value is -3.06. The number of Topliss-reactive ketones (excluding diaryl/α,β-unsaturated/α-hetero) is 1. The Morgan fingerprint density at radius 3 is 2.70 bits per heavy atom. The summed E-state index contributed by atoms with van der Waals surface area (Å²) in [4.78, 5) is 21.9. The van der Waals surface area contributed by atoms with Crippen LogP contribution in [-0.2, 0) is 12.2 Å². The molecule has 0 amide bonds. The molecule has 30 heavy (non-hydrogen) atoms. The lowest BCUT2D eigenvalue weighted by atomic mass is 9.82. The summed E-state index contributed by atoms with van der Waals surface area (Å²) in [5, 5.41) is 5.13. The van der Waals surface area contributed by atoms with Crippen LogP contribution in [-0.4, -0.2) is 25.4 Å². The van der Waals surface area contributed by atoms with Gasteiger partial charge in [-0.05, 0) is 48.1 Å². The highest BCUT2D eigenvalue weighted by molar-refractivity contribution is 7.98. The molecule has 0 unspecified atom stereocenters. The minimum atomic E-state index is -0.277. The van der Waals surface area contributed by atoms with Gasteiger partial charge in [-0.3, -0.25) is 4.79 Å². The van der Waals surface area contributed by atoms with Crippen LogP contribution in [0.2, 0.25) is 0 Å². The lowest BCUT2D eigenvalue weighted by Crippen LogP contribution is -2.21. The van der Waals surface area contributed by atoms with Crippen molar-refractivity contribution in [2.45, 2.75) is 36.6 Å². The lowest BCUT2D eigenvalue weighted by Gasteiger charge is -2.23. The Morgan fingerprint density at radius 2 is 1.90 bits per heavy atom. The van der Waals surface area contributed by atoms with E-state index < -0.39 is 0 Å². The smallest absolute Gasteiger partial charge is 0.253 e. The summed E-state index contributed by atoms with van der Waals surface area (Å²) in [6.07, 6.45) is 2.75. The quantitative estimate of drug-likeness (QED) is 0.447. The third kappa shape index (κ3) is 3.61. The fourth-order valence-electron chi connectivity index (χ4n) is 3.81. The Morgan fingerprint density at radius 1 is 1.10 bits per heavy atom. The molecule has 5 nitrogen and oxygen atoms in total. The zero-order chi connectivity index (χ0) is 20.7. The minimum Gasteiger partial charge on any atom is -0.294 e. The Labute approximate surface area is 177 Å². The molecule has 4 aromatic rings. The number of benzene rings is 2. The van der Waals surface area contributed by atoms with Gasteiger partial charge < -0.3 is 0 Å². The molecule has 0 radical (unpaired) electrons. The van der Waals surface area contributed by atoms with Gasteiger partial charge in [0.15, 0.2) is 5.78 Å². The van der Waals surface area contributed by atoms with Crippen molar-refractivity contribution in [3.63, 3.8) is 0 Å². The number of carbonyl (C=O) groups is 1. The molecule has 0 N–H and O–H groups in total.